The Morgan fingerprint density at radius 2 is 2.14 bits per heavy atom. The maximum absolute atomic E-state index is 12.2. The predicted octanol–water partition coefficient (Wildman–Crippen LogP) is 2.40. The van der Waals surface area contributed by atoms with Gasteiger partial charge in [-0.2, -0.15) is 4.98 Å². The molecule has 2 N–H and O–H groups in total. The molecule has 1 amide bonds. The molecule has 1 aliphatic heterocycles. The van der Waals surface area contributed by atoms with Crippen molar-refractivity contribution in [3.63, 3.8) is 0 Å². The molecule has 2 aromatic rings. The number of benzene rings is 1. The Balaban J connectivity index is 0.00000176. The minimum absolute atomic E-state index is 0. The number of rotatable bonds is 3. The number of amides is 1. The first-order valence-corrected chi connectivity index (χ1v) is 7.15. The fourth-order valence-corrected chi connectivity index (χ4v) is 2.48. The first-order chi connectivity index (χ1) is 10.2. The fraction of sp³-hybridized carbons (Fsp3) is 0.400. The van der Waals surface area contributed by atoms with E-state index in [4.69, 9.17) is 4.52 Å². The van der Waals surface area contributed by atoms with Crippen molar-refractivity contribution in [2.45, 2.75) is 19.8 Å². The van der Waals surface area contributed by atoms with Crippen LogP contribution in [0.1, 0.15) is 18.7 Å². The molecule has 118 valence electrons. The van der Waals surface area contributed by atoms with Crippen molar-refractivity contribution in [3.8, 4) is 11.4 Å². The van der Waals surface area contributed by atoms with E-state index in [2.05, 4.69) is 20.8 Å². The van der Waals surface area contributed by atoms with Gasteiger partial charge in [0.2, 0.25) is 17.6 Å². The standard InChI is InChI=1S/C15H18N4O2.ClH/c1-10-17-14(19-21-10)12-3-2-4-13(9-12)18-15(20)11-5-7-16-8-6-11;/h2-4,9,11,16H,5-8H2,1H3,(H,18,20);1H. The fourth-order valence-electron chi connectivity index (χ4n) is 2.48. The third-order valence-electron chi connectivity index (χ3n) is 3.63. The number of piperidine rings is 1. The van der Waals surface area contributed by atoms with Crippen molar-refractivity contribution >= 4 is 24.0 Å². The maximum atomic E-state index is 12.2. The predicted molar refractivity (Wildman–Crippen MR) is 85.9 cm³/mol. The lowest BCUT2D eigenvalue weighted by molar-refractivity contribution is -0.120. The molecule has 0 atom stereocenters. The van der Waals surface area contributed by atoms with Crippen LogP contribution in [-0.2, 0) is 4.79 Å². The highest BCUT2D eigenvalue weighted by atomic mass is 35.5. The summed E-state index contributed by atoms with van der Waals surface area (Å²) in [6, 6.07) is 7.50. The molecule has 0 bridgehead atoms. The van der Waals surface area contributed by atoms with Crippen LogP contribution in [0, 0.1) is 12.8 Å². The molecular formula is C15H19ClN4O2. The number of carbonyl (C=O) groups excluding carboxylic acids is 1. The molecule has 7 heteroatoms. The largest absolute Gasteiger partial charge is 0.339 e. The summed E-state index contributed by atoms with van der Waals surface area (Å²) in [5.74, 6) is 1.22. The lowest BCUT2D eigenvalue weighted by Gasteiger charge is -2.21. The molecule has 2 heterocycles. The van der Waals surface area contributed by atoms with E-state index in [1.54, 1.807) is 6.92 Å². The summed E-state index contributed by atoms with van der Waals surface area (Å²) in [6.45, 7) is 3.56. The van der Waals surface area contributed by atoms with Crippen LogP contribution in [0.25, 0.3) is 11.4 Å². The van der Waals surface area contributed by atoms with Crippen LogP contribution in [0.3, 0.4) is 0 Å². The van der Waals surface area contributed by atoms with Gasteiger partial charge in [0.1, 0.15) is 0 Å². The van der Waals surface area contributed by atoms with Crippen molar-refractivity contribution in [1.82, 2.24) is 15.5 Å². The smallest absolute Gasteiger partial charge is 0.227 e. The van der Waals surface area contributed by atoms with Gasteiger partial charge in [0.05, 0.1) is 0 Å². The highest BCUT2D eigenvalue weighted by molar-refractivity contribution is 5.93. The van der Waals surface area contributed by atoms with Gasteiger partial charge in [0.15, 0.2) is 0 Å². The number of carbonyl (C=O) groups is 1. The van der Waals surface area contributed by atoms with Crippen LogP contribution in [-0.4, -0.2) is 29.1 Å². The van der Waals surface area contributed by atoms with Crippen LogP contribution in [0.15, 0.2) is 28.8 Å². The Kier molecular flexibility index (Phi) is 5.51. The van der Waals surface area contributed by atoms with Gasteiger partial charge in [0.25, 0.3) is 0 Å². The third kappa shape index (κ3) is 3.84. The van der Waals surface area contributed by atoms with E-state index in [-0.39, 0.29) is 24.2 Å². The Morgan fingerprint density at radius 3 is 2.82 bits per heavy atom. The number of nitrogens with zero attached hydrogens (tertiary/aromatic N) is 2. The average Bonchev–Trinajstić information content (AvgIpc) is 2.95. The summed E-state index contributed by atoms with van der Waals surface area (Å²) in [5, 5.41) is 10.1. The van der Waals surface area contributed by atoms with E-state index in [1.165, 1.54) is 0 Å². The topological polar surface area (TPSA) is 80.0 Å². The minimum atomic E-state index is 0. The van der Waals surface area contributed by atoms with Crippen molar-refractivity contribution in [2.24, 2.45) is 5.92 Å². The summed E-state index contributed by atoms with van der Waals surface area (Å²) in [6.07, 6.45) is 1.77. The summed E-state index contributed by atoms with van der Waals surface area (Å²) >= 11 is 0. The number of hydrogen-bond donors (Lipinski definition) is 2. The molecule has 0 saturated carbocycles. The maximum Gasteiger partial charge on any atom is 0.227 e. The van der Waals surface area contributed by atoms with Crippen molar-refractivity contribution in [1.29, 1.82) is 0 Å². The molecule has 1 saturated heterocycles. The highest BCUT2D eigenvalue weighted by Gasteiger charge is 2.21. The van der Waals surface area contributed by atoms with Gasteiger partial charge in [-0.05, 0) is 38.1 Å². The normalized spacial score (nSPS) is 15.1. The van der Waals surface area contributed by atoms with Crippen molar-refractivity contribution in [2.75, 3.05) is 18.4 Å². The first kappa shape index (κ1) is 16.5. The van der Waals surface area contributed by atoms with Crippen molar-refractivity contribution in [3.05, 3.63) is 30.2 Å². The van der Waals surface area contributed by atoms with Crippen LogP contribution >= 0.6 is 12.4 Å². The minimum Gasteiger partial charge on any atom is -0.339 e. The Bertz CT molecular complexity index is 638. The average molecular weight is 323 g/mol. The van der Waals surface area contributed by atoms with Gasteiger partial charge in [-0.15, -0.1) is 12.4 Å². The molecule has 6 nitrogen and oxygen atoms in total. The summed E-state index contributed by atoms with van der Waals surface area (Å²) in [5.41, 5.74) is 1.59. The van der Waals surface area contributed by atoms with E-state index in [1.807, 2.05) is 24.3 Å². The van der Waals surface area contributed by atoms with E-state index in [9.17, 15) is 4.79 Å². The van der Waals surface area contributed by atoms with Crippen LogP contribution in [0.4, 0.5) is 5.69 Å². The molecule has 1 fully saturated rings. The van der Waals surface area contributed by atoms with Gasteiger partial charge in [0, 0.05) is 24.1 Å². The van der Waals surface area contributed by atoms with E-state index >= 15 is 0 Å². The number of aryl methyl sites for hydroxylation is 1. The second-order valence-electron chi connectivity index (χ2n) is 5.23. The second-order valence-corrected chi connectivity index (χ2v) is 5.23. The van der Waals surface area contributed by atoms with Gasteiger partial charge in [-0.25, -0.2) is 0 Å². The first-order valence-electron chi connectivity index (χ1n) is 7.15. The van der Waals surface area contributed by atoms with Crippen LogP contribution in [0.5, 0.6) is 0 Å². The molecule has 1 aliphatic rings. The van der Waals surface area contributed by atoms with E-state index < -0.39 is 0 Å². The molecule has 0 spiro atoms. The van der Waals surface area contributed by atoms with Crippen LogP contribution < -0.4 is 10.6 Å². The number of hydrogen-bond acceptors (Lipinski definition) is 5. The Hall–Kier alpha value is -1.92. The second kappa shape index (κ2) is 7.38. The van der Waals surface area contributed by atoms with Gasteiger partial charge >= 0.3 is 0 Å². The molecular weight excluding hydrogens is 304 g/mol. The molecule has 3 rings (SSSR count). The number of aromatic nitrogens is 2. The quantitative estimate of drug-likeness (QED) is 0.907. The van der Waals surface area contributed by atoms with Gasteiger partial charge in [-0.1, -0.05) is 17.3 Å². The molecule has 0 unspecified atom stereocenters. The van der Waals surface area contributed by atoms with Crippen LogP contribution in [0.2, 0.25) is 0 Å². The Morgan fingerprint density at radius 1 is 1.36 bits per heavy atom. The molecule has 1 aromatic carbocycles. The molecule has 0 radical (unpaired) electrons. The monoisotopic (exact) mass is 322 g/mol. The lowest BCUT2D eigenvalue weighted by Crippen LogP contribution is -2.34. The Labute approximate surface area is 135 Å². The van der Waals surface area contributed by atoms with E-state index in [0.717, 1.165) is 37.2 Å². The zero-order valence-electron chi connectivity index (χ0n) is 12.3. The van der Waals surface area contributed by atoms with Crippen molar-refractivity contribution < 1.29 is 9.32 Å². The summed E-state index contributed by atoms with van der Waals surface area (Å²) in [7, 11) is 0. The number of halogens is 1. The SMILES string of the molecule is Cc1nc(-c2cccc(NC(=O)C3CCNCC3)c2)no1.Cl. The number of anilines is 1. The molecule has 1 aromatic heterocycles. The molecule has 0 aliphatic carbocycles. The van der Waals surface area contributed by atoms with E-state index in [0.29, 0.717) is 11.7 Å². The summed E-state index contributed by atoms with van der Waals surface area (Å²) in [4.78, 5) is 16.4. The lowest BCUT2D eigenvalue weighted by atomic mass is 9.97. The van der Waals surface area contributed by atoms with Gasteiger partial charge in [-0.3, -0.25) is 4.79 Å². The summed E-state index contributed by atoms with van der Waals surface area (Å²) < 4.78 is 4.98. The zero-order valence-corrected chi connectivity index (χ0v) is 13.2. The third-order valence-corrected chi connectivity index (χ3v) is 3.63. The zero-order chi connectivity index (χ0) is 14.7. The van der Waals surface area contributed by atoms with Gasteiger partial charge < -0.3 is 15.2 Å². The molecule has 22 heavy (non-hydrogen) atoms. The number of nitrogens with one attached hydrogen (secondary N) is 2. The highest BCUT2D eigenvalue weighted by Crippen LogP contribution is 2.21.